The van der Waals surface area contributed by atoms with Gasteiger partial charge in [-0.1, -0.05) is 6.07 Å². The molecule has 0 aromatic heterocycles. The Morgan fingerprint density at radius 2 is 2.14 bits per heavy atom. The van der Waals surface area contributed by atoms with Crippen LogP contribution in [0.4, 0.5) is 0 Å². The number of rotatable bonds is 5. The van der Waals surface area contributed by atoms with E-state index in [1.54, 1.807) is 6.07 Å². The van der Waals surface area contributed by atoms with Crippen molar-refractivity contribution in [2.75, 3.05) is 13.7 Å². The third kappa shape index (κ3) is 3.84. The lowest BCUT2D eigenvalue weighted by Gasteiger charge is -2.18. The fourth-order valence-electron chi connectivity index (χ4n) is 2.46. The van der Waals surface area contributed by atoms with E-state index in [-0.39, 0.29) is 17.0 Å². The molecule has 1 fully saturated rings. The maximum Gasteiger partial charge on any atom is 0.242 e. The Kier molecular flexibility index (Phi) is 5.43. The second kappa shape index (κ2) is 6.75. The van der Waals surface area contributed by atoms with Gasteiger partial charge in [0.25, 0.3) is 0 Å². The van der Waals surface area contributed by atoms with Crippen molar-refractivity contribution in [2.24, 2.45) is 0 Å². The molecule has 1 saturated heterocycles. The van der Waals surface area contributed by atoms with E-state index in [0.717, 1.165) is 11.1 Å². The first-order valence-corrected chi connectivity index (χ1v) is 9.20. The third-order valence-corrected chi connectivity index (χ3v) is 6.46. The highest BCUT2D eigenvalue weighted by atomic mass is 79.9. The van der Waals surface area contributed by atoms with Crippen molar-refractivity contribution >= 4 is 26.0 Å². The topological polar surface area (TPSA) is 67.4 Å². The number of benzene rings is 1. The number of aryl methyl sites for hydroxylation is 1. The van der Waals surface area contributed by atoms with Crippen LogP contribution >= 0.6 is 15.9 Å². The van der Waals surface area contributed by atoms with E-state index in [0.29, 0.717) is 24.0 Å². The molecule has 0 bridgehead atoms. The van der Waals surface area contributed by atoms with Gasteiger partial charge in [0.05, 0.1) is 17.0 Å². The van der Waals surface area contributed by atoms with Crippen LogP contribution in [0, 0.1) is 6.92 Å². The van der Waals surface area contributed by atoms with Gasteiger partial charge in [-0.15, -0.1) is 0 Å². The molecule has 1 aliphatic heterocycles. The molecule has 1 aromatic carbocycles. The van der Waals surface area contributed by atoms with Crippen LogP contribution in [0.25, 0.3) is 0 Å². The number of sulfonamides is 1. The Labute approximate surface area is 134 Å². The number of hydrogen-bond donors (Lipinski definition) is 2. The molecule has 2 rings (SSSR count). The zero-order valence-electron chi connectivity index (χ0n) is 12.4. The van der Waals surface area contributed by atoms with Crippen LogP contribution < -0.4 is 10.0 Å². The molecule has 0 aliphatic carbocycles. The largest absolute Gasteiger partial charge is 0.377 e. The number of hydrogen-bond acceptors (Lipinski definition) is 4. The number of ether oxygens (including phenoxy) is 1. The van der Waals surface area contributed by atoms with E-state index in [9.17, 15) is 8.42 Å². The average molecular weight is 377 g/mol. The number of nitrogens with one attached hydrogen (secondary N) is 2. The summed E-state index contributed by atoms with van der Waals surface area (Å²) in [4.78, 5) is 0.284. The Bertz CT molecular complexity index is 619. The minimum Gasteiger partial charge on any atom is -0.377 e. The zero-order valence-corrected chi connectivity index (χ0v) is 14.8. The first kappa shape index (κ1) is 16.9. The normalized spacial score (nSPS) is 22.7. The van der Waals surface area contributed by atoms with Crippen molar-refractivity contribution < 1.29 is 13.2 Å². The van der Waals surface area contributed by atoms with E-state index in [1.165, 1.54) is 0 Å². The summed E-state index contributed by atoms with van der Waals surface area (Å²) in [6.45, 7) is 5.00. The molecular formula is C14H21BrN2O3S. The lowest BCUT2D eigenvalue weighted by molar-refractivity contribution is 0.117. The maximum absolute atomic E-state index is 12.6. The van der Waals surface area contributed by atoms with Gasteiger partial charge < -0.3 is 10.1 Å². The van der Waals surface area contributed by atoms with Gasteiger partial charge in [0.1, 0.15) is 0 Å². The van der Waals surface area contributed by atoms with Gasteiger partial charge in [0.15, 0.2) is 0 Å². The lowest BCUT2D eigenvalue weighted by atomic mass is 10.1. The van der Waals surface area contributed by atoms with E-state index in [4.69, 9.17) is 4.74 Å². The molecule has 2 unspecified atom stereocenters. The van der Waals surface area contributed by atoms with Gasteiger partial charge in [0.2, 0.25) is 10.0 Å². The molecule has 2 atom stereocenters. The predicted octanol–water partition coefficient (Wildman–Crippen LogP) is 1.93. The van der Waals surface area contributed by atoms with E-state index in [1.807, 2.05) is 27.0 Å². The van der Waals surface area contributed by atoms with Gasteiger partial charge in [-0.25, -0.2) is 13.1 Å². The summed E-state index contributed by atoms with van der Waals surface area (Å²) in [5.74, 6) is 0. The molecule has 0 saturated carbocycles. The summed E-state index contributed by atoms with van der Waals surface area (Å²) < 4.78 is 34.1. The van der Waals surface area contributed by atoms with E-state index >= 15 is 0 Å². The van der Waals surface area contributed by atoms with Crippen molar-refractivity contribution in [1.82, 2.24) is 10.0 Å². The third-order valence-electron chi connectivity index (χ3n) is 3.63. The summed E-state index contributed by atoms with van der Waals surface area (Å²) in [7, 11) is -1.74. The van der Waals surface area contributed by atoms with Crippen LogP contribution in [0.1, 0.15) is 24.5 Å². The molecule has 0 spiro atoms. The Morgan fingerprint density at radius 1 is 1.43 bits per heavy atom. The second-order valence-corrected chi connectivity index (χ2v) is 7.82. The van der Waals surface area contributed by atoms with Crippen LogP contribution in [0.2, 0.25) is 0 Å². The molecule has 0 radical (unpaired) electrons. The van der Waals surface area contributed by atoms with Crippen LogP contribution in [0.15, 0.2) is 21.5 Å². The quantitative estimate of drug-likeness (QED) is 0.823. The smallest absolute Gasteiger partial charge is 0.242 e. The van der Waals surface area contributed by atoms with Gasteiger partial charge in [0, 0.05) is 17.6 Å². The van der Waals surface area contributed by atoms with Crippen molar-refractivity contribution in [3.63, 3.8) is 0 Å². The fraction of sp³-hybridized carbons (Fsp3) is 0.571. The molecule has 0 amide bonds. The molecule has 5 nitrogen and oxygen atoms in total. The van der Waals surface area contributed by atoms with E-state index in [2.05, 4.69) is 26.0 Å². The molecule has 118 valence electrons. The molecular weight excluding hydrogens is 356 g/mol. The van der Waals surface area contributed by atoms with Crippen LogP contribution in [-0.2, 0) is 21.3 Å². The molecule has 1 heterocycles. The Morgan fingerprint density at radius 3 is 2.71 bits per heavy atom. The van der Waals surface area contributed by atoms with Crippen molar-refractivity contribution in [3.8, 4) is 0 Å². The molecule has 7 heteroatoms. The monoisotopic (exact) mass is 376 g/mol. The van der Waals surface area contributed by atoms with Crippen LogP contribution in [0.5, 0.6) is 0 Å². The zero-order chi connectivity index (χ0) is 15.6. The van der Waals surface area contributed by atoms with Gasteiger partial charge in [-0.2, -0.15) is 0 Å². The summed E-state index contributed by atoms with van der Waals surface area (Å²) in [6.07, 6.45) is 0.604. The summed E-state index contributed by atoms with van der Waals surface area (Å²) in [5.41, 5.74) is 1.84. The van der Waals surface area contributed by atoms with Gasteiger partial charge >= 0.3 is 0 Å². The van der Waals surface area contributed by atoms with Crippen molar-refractivity contribution in [3.05, 3.63) is 27.7 Å². The summed E-state index contributed by atoms with van der Waals surface area (Å²) >= 11 is 3.39. The second-order valence-electron chi connectivity index (χ2n) is 5.35. The van der Waals surface area contributed by atoms with E-state index < -0.39 is 10.0 Å². The fourth-order valence-corrected chi connectivity index (χ4v) is 4.87. The minimum atomic E-state index is -3.58. The first-order chi connectivity index (χ1) is 9.85. The Balaban J connectivity index is 2.34. The summed E-state index contributed by atoms with van der Waals surface area (Å²) in [6, 6.07) is 3.51. The molecule has 1 aliphatic rings. The molecule has 1 aromatic rings. The average Bonchev–Trinajstić information content (AvgIpc) is 2.79. The van der Waals surface area contributed by atoms with Gasteiger partial charge in [-0.3, -0.25) is 0 Å². The highest BCUT2D eigenvalue weighted by Crippen LogP contribution is 2.28. The van der Waals surface area contributed by atoms with Crippen molar-refractivity contribution in [2.45, 2.75) is 43.9 Å². The number of halogens is 1. The van der Waals surface area contributed by atoms with Crippen LogP contribution in [-0.4, -0.2) is 34.2 Å². The Hall–Kier alpha value is -0.470. The predicted molar refractivity (Wildman–Crippen MR) is 85.8 cm³/mol. The maximum atomic E-state index is 12.6. The highest BCUT2D eigenvalue weighted by Gasteiger charge is 2.30. The van der Waals surface area contributed by atoms with Gasteiger partial charge in [-0.05, 0) is 60.4 Å². The minimum absolute atomic E-state index is 0.0971. The highest BCUT2D eigenvalue weighted by molar-refractivity contribution is 9.10. The lowest BCUT2D eigenvalue weighted by Crippen LogP contribution is -2.39. The SMILES string of the molecule is CNCc1cc(C)c(Br)c(S(=O)(=O)NC2CCOC2C)c1. The standard InChI is InChI=1S/C14H21BrN2O3S/c1-9-6-11(8-16-3)7-13(14(9)15)21(18,19)17-12-4-5-20-10(12)2/h6-7,10,12,16-17H,4-5,8H2,1-3H3. The molecule has 2 N–H and O–H groups in total. The first-order valence-electron chi connectivity index (χ1n) is 6.92. The van der Waals surface area contributed by atoms with Crippen molar-refractivity contribution in [1.29, 1.82) is 0 Å². The van der Waals surface area contributed by atoms with Crippen LogP contribution in [0.3, 0.4) is 0 Å². The molecule has 21 heavy (non-hydrogen) atoms. The summed E-state index contributed by atoms with van der Waals surface area (Å²) in [5, 5.41) is 3.04.